The van der Waals surface area contributed by atoms with Crippen LogP contribution in [0.3, 0.4) is 0 Å². The molecule has 2 heterocycles. The van der Waals surface area contributed by atoms with Crippen molar-refractivity contribution in [1.82, 2.24) is 15.5 Å². The summed E-state index contributed by atoms with van der Waals surface area (Å²) in [6, 6.07) is 0.553. The standard InChI is InChI=1S/C12H23N3O/c1-15-5-3-2-4-11(15)9-14-12(16)6-10-7-13-8-10/h10-11,13H,2-9H2,1H3,(H,14,16). The molecule has 0 aliphatic carbocycles. The number of hydrogen-bond acceptors (Lipinski definition) is 3. The van der Waals surface area contributed by atoms with Crippen LogP contribution in [0.15, 0.2) is 0 Å². The van der Waals surface area contributed by atoms with Crippen LogP contribution < -0.4 is 10.6 Å². The summed E-state index contributed by atoms with van der Waals surface area (Å²) < 4.78 is 0. The summed E-state index contributed by atoms with van der Waals surface area (Å²) in [5.41, 5.74) is 0. The maximum absolute atomic E-state index is 11.6. The first-order valence-corrected chi connectivity index (χ1v) is 6.43. The molecule has 2 N–H and O–H groups in total. The van der Waals surface area contributed by atoms with Gasteiger partial charge in [0.2, 0.25) is 5.91 Å². The molecule has 92 valence electrons. The van der Waals surface area contributed by atoms with Crippen LogP contribution in [-0.4, -0.2) is 50.1 Å². The number of carbonyl (C=O) groups excluding carboxylic acids is 1. The Morgan fingerprint density at radius 1 is 1.44 bits per heavy atom. The van der Waals surface area contributed by atoms with Gasteiger partial charge in [-0.05, 0) is 45.4 Å². The molecule has 0 bridgehead atoms. The highest BCUT2D eigenvalue weighted by atomic mass is 16.1. The highest BCUT2D eigenvalue weighted by Gasteiger charge is 2.22. The quantitative estimate of drug-likeness (QED) is 0.718. The van der Waals surface area contributed by atoms with Gasteiger partial charge in [0, 0.05) is 19.0 Å². The predicted molar refractivity (Wildman–Crippen MR) is 64.3 cm³/mol. The SMILES string of the molecule is CN1CCCCC1CNC(=O)CC1CNC1. The van der Waals surface area contributed by atoms with Crippen LogP contribution in [0.2, 0.25) is 0 Å². The van der Waals surface area contributed by atoms with Crippen molar-refractivity contribution in [2.75, 3.05) is 33.2 Å². The van der Waals surface area contributed by atoms with Gasteiger partial charge in [0.1, 0.15) is 0 Å². The second-order valence-corrected chi connectivity index (χ2v) is 5.16. The van der Waals surface area contributed by atoms with Gasteiger partial charge in [-0.25, -0.2) is 0 Å². The molecular weight excluding hydrogens is 202 g/mol. The third kappa shape index (κ3) is 3.19. The fourth-order valence-electron chi connectivity index (χ4n) is 2.46. The molecule has 16 heavy (non-hydrogen) atoms. The van der Waals surface area contributed by atoms with Gasteiger partial charge in [-0.15, -0.1) is 0 Å². The lowest BCUT2D eigenvalue weighted by atomic mass is 9.98. The number of piperidine rings is 1. The maximum atomic E-state index is 11.6. The number of likely N-dealkylation sites (tertiary alicyclic amines) is 1. The van der Waals surface area contributed by atoms with Gasteiger partial charge in [0.05, 0.1) is 0 Å². The van der Waals surface area contributed by atoms with Crippen molar-refractivity contribution in [3.63, 3.8) is 0 Å². The molecule has 1 amide bonds. The van der Waals surface area contributed by atoms with E-state index in [0.717, 1.165) is 19.6 Å². The maximum Gasteiger partial charge on any atom is 0.220 e. The first kappa shape index (κ1) is 11.9. The van der Waals surface area contributed by atoms with Gasteiger partial charge >= 0.3 is 0 Å². The second-order valence-electron chi connectivity index (χ2n) is 5.16. The molecule has 2 saturated heterocycles. The summed E-state index contributed by atoms with van der Waals surface area (Å²) in [6.07, 6.45) is 4.53. The zero-order valence-corrected chi connectivity index (χ0v) is 10.2. The van der Waals surface area contributed by atoms with E-state index in [0.29, 0.717) is 18.4 Å². The smallest absolute Gasteiger partial charge is 0.220 e. The van der Waals surface area contributed by atoms with E-state index in [1.807, 2.05) is 0 Å². The summed E-state index contributed by atoms with van der Waals surface area (Å²) >= 11 is 0. The van der Waals surface area contributed by atoms with E-state index in [1.165, 1.54) is 25.8 Å². The minimum absolute atomic E-state index is 0.227. The molecule has 0 aromatic carbocycles. The van der Waals surface area contributed by atoms with Gasteiger partial charge in [-0.3, -0.25) is 4.79 Å². The molecule has 1 unspecified atom stereocenters. The molecule has 0 radical (unpaired) electrons. The van der Waals surface area contributed by atoms with Crippen molar-refractivity contribution < 1.29 is 4.79 Å². The normalized spacial score (nSPS) is 27.4. The number of likely N-dealkylation sites (N-methyl/N-ethyl adjacent to an activating group) is 1. The monoisotopic (exact) mass is 225 g/mol. The van der Waals surface area contributed by atoms with Crippen molar-refractivity contribution in [3.8, 4) is 0 Å². The zero-order chi connectivity index (χ0) is 11.4. The number of rotatable bonds is 4. The number of carbonyl (C=O) groups is 1. The van der Waals surface area contributed by atoms with Crippen LogP contribution in [0.5, 0.6) is 0 Å². The van der Waals surface area contributed by atoms with Crippen LogP contribution in [-0.2, 0) is 4.79 Å². The van der Waals surface area contributed by atoms with Crippen molar-refractivity contribution in [1.29, 1.82) is 0 Å². The Labute approximate surface area is 97.8 Å². The fraction of sp³-hybridized carbons (Fsp3) is 0.917. The Kier molecular flexibility index (Phi) is 4.18. The number of amides is 1. The third-order valence-electron chi connectivity index (χ3n) is 3.80. The first-order valence-electron chi connectivity index (χ1n) is 6.43. The predicted octanol–water partition coefficient (Wildman–Crippen LogP) is 0.196. The van der Waals surface area contributed by atoms with Crippen molar-refractivity contribution in [3.05, 3.63) is 0 Å². The highest BCUT2D eigenvalue weighted by Crippen LogP contribution is 2.14. The minimum atomic E-state index is 0.227. The van der Waals surface area contributed by atoms with Crippen LogP contribution >= 0.6 is 0 Å². The summed E-state index contributed by atoms with van der Waals surface area (Å²) in [4.78, 5) is 14.0. The number of nitrogens with one attached hydrogen (secondary N) is 2. The molecule has 2 rings (SSSR count). The molecule has 2 aliphatic heterocycles. The average Bonchev–Trinajstić information content (AvgIpc) is 2.22. The molecule has 1 atom stereocenters. The van der Waals surface area contributed by atoms with Crippen LogP contribution in [0.25, 0.3) is 0 Å². The molecule has 2 aliphatic rings. The molecular formula is C12H23N3O. The van der Waals surface area contributed by atoms with Crippen molar-refractivity contribution in [2.24, 2.45) is 5.92 Å². The van der Waals surface area contributed by atoms with Crippen LogP contribution in [0.1, 0.15) is 25.7 Å². The molecule has 0 saturated carbocycles. The molecule has 0 aromatic rings. The highest BCUT2D eigenvalue weighted by molar-refractivity contribution is 5.76. The Hall–Kier alpha value is -0.610. The van der Waals surface area contributed by atoms with Crippen molar-refractivity contribution >= 4 is 5.91 Å². The van der Waals surface area contributed by atoms with Crippen LogP contribution in [0, 0.1) is 5.92 Å². The zero-order valence-electron chi connectivity index (χ0n) is 10.2. The Balaban J connectivity index is 1.63. The van der Waals surface area contributed by atoms with E-state index in [-0.39, 0.29) is 5.91 Å². The number of nitrogens with zero attached hydrogens (tertiary/aromatic N) is 1. The van der Waals surface area contributed by atoms with E-state index in [1.54, 1.807) is 0 Å². The molecule has 4 heteroatoms. The second kappa shape index (κ2) is 5.64. The summed E-state index contributed by atoms with van der Waals surface area (Å²) in [6.45, 7) is 4.02. The van der Waals surface area contributed by atoms with Gasteiger partial charge < -0.3 is 15.5 Å². The summed E-state index contributed by atoms with van der Waals surface area (Å²) in [5, 5.41) is 6.26. The fourth-order valence-corrected chi connectivity index (χ4v) is 2.46. The van der Waals surface area contributed by atoms with Gasteiger partial charge in [0.15, 0.2) is 0 Å². The number of hydrogen-bond donors (Lipinski definition) is 2. The first-order chi connectivity index (χ1) is 7.75. The van der Waals surface area contributed by atoms with E-state index < -0.39 is 0 Å². The van der Waals surface area contributed by atoms with E-state index in [2.05, 4.69) is 22.6 Å². The molecule has 2 fully saturated rings. The van der Waals surface area contributed by atoms with E-state index in [4.69, 9.17) is 0 Å². The lowest BCUT2D eigenvalue weighted by molar-refractivity contribution is -0.122. The molecule has 4 nitrogen and oxygen atoms in total. The van der Waals surface area contributed by atoms with E-state index >= 15 is 0 Å². The molecule has 0 spiro atoms. The summed E-state index contributed by atoms with van der Waals surface area (Å²) in [7, 11) is 2.16. The Morgan fingerprint density at radius 3 is 2.88 bits per heavy atom. The van der Waals surface area contributed by atoms with Crippen LogP contribution in [0.4, 0.5) is 0 Å². The minimum Gasteiger partial charge on any atom is -0.355 e. The van der Waals surface area contributed by atoms with Gasteiger partial charge in [-0.1, -0.05) is 6.42 Å². The third-order valence-corrected chi connectivity index (χ3v) is 3.80. The Bertz CT molecular complexity index is 240. The summed E-state index contributed by atoms with van der Waals surface area (Å²) in [5.74, 6) is 0.801. The lowest BCUT2D eigenvalue weighted by Crippen LogP contribution is -2.47. The lowest BCUT2D eigenvalue weighted by Gasteiger charge is -2.33. The van der Waals surface area contributed by atoms with Gasteiger partial charge in [0.25, 0.3) is 0 Å². The topological polar surface area (TPSA) is 44.4 Å². The van der Waals surface area contributed by atoms with Crippen molar-refractivity contribution in [2.45, 2.75) is 31.7 Å². The average molecular weight is 225 g/mol. The van der Waals surface area contributed by atoms with E-state index in [9.17, 15) is 4.79 Å². The molecule has 0 aromatic heterocycles. The van der Waals surface area contributed by atoms with Gasteiger partial charge in [-0.2, -0.15) is 0 Å². The Morgan fingerprint density at radius 2 is 2.25 bits per heavy atom. The largest absolute Gasteiger partial charge is 0.355 e.